The van der Waals surface area contributed by atoms with Crippen LogP contribution in [0.3, 0.4) is 0 Å². The Morgan fingerprint density at radius 1 is 1.32 bits per heavy atom. The summed E-state index contributed by atoms with van der Waals surface area (Å²) in [5.41, 5.74) is 0.812. The van der Waals surface area contributed by atoms with Gasteiger partial charge in [-0.1, -0.05) is 12.1 Å². The van der Waals surface area contributed by atoms with Gasteiger partial charge in [0, 0.05) is 31.0 Å². The fourth-order valence-corrected chi connectivity index (χ4v) is 3.61. The second-order valence-corrected chi connectivity index (χ2v) is 6.99. The molecule has 1 aromatic carbocycles. The SMILES string of the molecule is COc1cccc(CN2CC(CS(N)(=O)=O)CC2=O)c1OC. The van der Waals surface area contributed by atoms with E-state index in [2.05, 4.69) is 0 Å². The van der Waals surface area contributed by atoms with E-state index >= 15 is 0 Å². The summed E-state index contributed by atoms with van der Waals surface area (Å²) in [6, 6.07) is 5.44. The summed E-state index contributed by atoms with van der Waals surface area (Å²) in [6.07, 6.45) is 0.197. The first-order chi connectivity index (χ1) is 10.3. The zero-order chi connectivity index (χ0) is 16.3. The maximum absolute atomic E-state index is 12.0. The number of nitrogens with zero attached hydrogens (tertiary/aromatic N) is 1. The lowest BCUT2D eigenvalue weighted by atomic mass is 10.1. The molecule has 1 amide bonds. The van der Waals surface area contributed by atoms with E-state index < -0.39 is 10.0 Å². The standard InChI is InChI=1S/C14H20N2O5S/c1-20-12-5-3-4-11(14(12)21-2)8-16-7-10(6-13(16)17)9-22(15,18)19/h3-5,10H,6-9H2,1-2H3,(H2,15,18,19). The van der Waals surface area contributed by atoms with Gasteiger partial charge in [-0.3, -0.25) is 4.79 Å². The molecule has 0 radical (unpaired) electrons. The number of carbonyl (C=O) groups is 1. The summed E-state index contributed by atoms with van der Waals surface area (Å²) in [4.78, 5) is 13.7. The van der Waals surface area contributed by atoms with Crippen LogP contribution in [0.25, 0.3) is 0 Å². The first-order valence-electron chi connectivity index (χ1n) is 6.82. The first-order valence-corrected chi connectivity index (χ1v) is 8.53. The highest BCUT2D eigenvalue weighted by Crippen LogP contribution is 2.32. The molecule has 8 heteroatoms. The lowest BCUT2D eigenvalue weighted by Gasteiger charge is -2.19. The Kier molecular flexibility index (Phi) is 4.92. The smallest absolute Gasteiger partial charge is 0.223 e. The lowest BCUT2D eigenvalue weighted by Crippen LogP contribution is -2.27. The summed E-state index contributed by atoms with van der Waals surface area (Å²) >= 11 is 0. The monoisotopic (exact) mass is 328 g/mol. The highest BCUT2D eigenvalue weighted by molar-refractivity contribution is 7.89. The molecule has 1 atom stereocenters. The van der Waals surface area contributed by atoms with Gasteiger partial charge in [0.1, 0.15) is 0 Å². The molecule has 2 N–H and O–H groups in total. The zero-order valence-corrected chi connectivity index (χ0v) is 13.4. The summed E-state index contributed by atoms with van der Waals surface area (Å²) in [7, 11) is -0.489. The molecule has 2 rings (SSSR count). The predicted octanol–water partition coefficient (Wildman–Crippen LogP) is 0.341. The Morgan fingerprint density at radius 2 is 2.05 bits per heavy atom. The molecule has 1 unspecified atom stereocenters. The van der Waals surface area contributed by atoms with Crippen molar-refractivity contribution in [1.82, 2.24) is 4.90 Å². The van der Waals surface area contributed by atoms with Crippen molar-refractivity contribution in [2.75, 3.05) is 26.5 Å². The highest BCUT2D eigenvalue weighted by Gasteiger charge is 2.32. The van der Waals surface area contributed by atoms with Gasteiger partial charge < -0.3 is 14.4 Å². The molecule has 1 aliphatic rings. The van der Waals surface area contributed by atoms with E-state index in [1.54, 1.807) is 18.1 Å². The molecular weight excluding hydrogens is 308 g/mol. The van der Waals surface area contributed by atoms with Gasteiger partial charge in [-0.15, -0.1) is 0 Å². The van der Waals surface area contributed by atoms with E-state index in [-0.39, 0.29) is 24.0 Å². The molecule has 1 aliphatic heterocycles. The summed E-state index contributed by atoms with van der Waals surface area (Å²) < 4.78 is 32.9. The van der Waals surface area contributed by atoms with Crippen molar-refractivity contribution in [1.29, 1.82) is 0 Å². The third-order valence-electron chi connectivity index (χ3n) is 3.61. The van der Waals surface area contributed by atoms with Crippen molar-refractivity contribution in [2.45, 2.75) is 13.0 Å². The van der Waals surface area contributed by atoms with Gasteiger partial charge in [0.25, 0.3) is 0 Å². The number of ether oxygens (including phenoxy) is 2. The summed E-state index contributed by atoms with van der Waals surface area (Å²) in [6.45, 7) is 0.718. The van der Waals surface area contributed by atoms with Crippen LogP contribution in [0.2, 0.25) is 0 Å². The third kappa shape index (κ3) is 3.89. The Morgan fingerprint density at radius 3 is 2.64 bits per heavy atom. The van der Waals surface area contributed by atoms with Crippen molar-refractivity contribution in [3.8, 4) is 11.5 Å². The molecule has 0 aromatic heterocycles. The number of rotatable bonds is 6. The Labute approximate surface area is 130 Å². The van der Waals surface area contributed by atoms with Crippen LogP contribution in [0, 0.1) is 5.92 Å². The van der Waals surface area contributed by atoms with Gasteiger partial charge in [-0.05, 0) is 6.07 Å². The minimum Gasteiger partial charge on any atom is -0.493 e. The molecule has 1 fully saturated rings. The molecule has 1 heterocycles. The van der Waals surface area contributed by atoms with E-state index in [0.29, 0.717) is 24.6 Å². The van der Waals surface area contributed by atoms with Gasteiger partial charge in [0.2, 0.25) is 15.9 Å². The Bertz CT molecular complexity index is 659. The number of para-hydroxylation sites is 1. The maximum Gasteiger partial charge on any atom is 0.223 e. The van der Waals surface area contributed by atoms with E-state index in [0.717, 1.165) is 5.56 Å². The molecule has 0 saturated carbocycles. The van der Waals surface area contributed by atoms with Crippen molar-refractivity contribution < 1.29 is 22.7 Å². The quantitative estimate of drug-likeness (QED) is 0.812. The van der Waals surface area contributed by atoms with E-state index in [9.17, 15) is 13.2 Å². The molecule has 7 nitrogen and oxygen atoms in total. The Balaban J connectivity index is 2.13. The number of carbonyl (C=O) groups excluding carboxylic acids is 1. The number of likely N-dealkylation sites (tertiary alicyclic amines) is 1. The Hall–Kier alpha value is -1.80. The molecule has 0 spiro atoms. The third-order valence-corrected chi connectivity index (χ3v) is 4.54. The van der Waals surface area contributed by atoms with E-state index in [1.165, 1.54) is 7.11 Å². The van der Waals surface area contributed by atoms with Gasteiger partial charge in [0.05, 0.1) is 20.0 Å². The van der Waals surface area contributed by atoms with Crippen LogP contribution in [0.4, 0.5) is 0 Å². The molecule has 0 aliphatic carbocycles. The van der Waals surface area contributed by atoms with Gasteiger partial charge in [-0.25, -0.2) is 13.6 Å². The number of hydrogen-bond donors (Lipinski definition) is 1. The molecule has 1 saturated heterocycles. The van der Waals surface area contributed by atoms with Crippen LogP contribution >= 0.6 is 0 Å². The fraction of sp³-hybridized carbons (Fsp3) is 0.500. The molecule has 1 aromatic rings. The van der Waals surface area contributed by atoms with Gasteiger partial charge >= 0.3 is 0 Å². The number of amides is 1. The predicted molar refractivity (Wildman–Crippen MR) is 81.0 cm³/mol. The normalized spacial score (nSPS) is 18.6. The fourth-order valence-electron chi connectivity index (χ4n) is 2.73. The van der Waals surface area contributed by atoms with E-state index in [1.807, 2.05) is 12.1 Å². The van der Waals surface area contributed by atoms with Crippen molar-refractivity contribution in [3.63, 3.8) is 0 Å². The number of benzene rings is 1. The van der Waals surface area contributed by atoms with Crippen molar-refractivity contribution in [2.24, 2.45) is 11.1 Å². The maximum atomic E-state index is 12.0. The van der Waals surface area contributed by atoms with Crippen molar-refractivity contribution >= 4 is 15.9 Å². The largest absolute Gasteiger partial charge is 0.493 e. The van der Waals surface area contributed by atoms with Crippen LogP contribution in [0.1, 0.15) is 12.0 Å². The first kappa shape index (κ1) is 16.6. The molecule has 122 valence electrons. The van der Waals surface area contributed by atoms with Crippen LogP contribution in [0.5, 0.6) is 11.5 Å². The minimum absolute atomic E-state index is 0.0847. The molecule has 22 heavy (non-hydrogen) atoms. The number of sulfonamides is 1. The number of primary sulfonamides is 1. The topological polar surface area (TPSA) is 98.9 Å². The average Bonchev–Trinajstić information content (AvgIpc) is 2.76. The van der Waals surface area contributed by atoms with E-state index in [4.69, 9.17) is 14.6 Å². The number of hydrogen-bond acceptors (Lipinski definition) is 5. The van der Waals surface area contributed by atoms with Crippen LogP contribution in [-0.4, -0.2) is 45.7 Å². The summed E-state index contributed by atoms with van der Waals surface area (Å²) in [5.74, 6) is 0.642. The van der Waals surface area contributed by atoms with Crippen LogP contribution < -0.4 is 14.6 Å². The second kappa shape index (κ2) is 6.53. The van der Waals surface area contributed by atoms with Crippen molar-refractivity contribution in [3.05, 3.63) is 23.8 Å². The summed E-state index contributed by atoms with van der Waals surface area (Å²) in [5, 5.41) is 5.05. The van der Waals surface area contributed by atoms with Gasteiger partial charge in [0.15, 0.2) is 11.5 Å². The number of nitrogens with two attached hydrogens (primary N) is 1. The second-order valence-electron chi connectivity index (χ2n) is 5.33. The highest BCUT2D eigenvalue weighted by atomic mass is 32.2. The molecular formula is C14H20N2O5S. The average molecular weight is 328 g/mol. The van der Waals surface area contributed by atoms with Gasteiger partial charge in [-0.2, -0.15) is 0 Å². The lowest BCUT2D eigenvalue weighted by molar-refractivity contribution is -0.128. The number of methoxy groups -OCH3 is 2. The zero-order valence-electron chi connectivity index (χ0n) is 12.6. The van der Waals surface area contributed by atoms with Crippen LogP contribution in [-0.2, 0) is 21.4 Å². The molecule has 0 bridgehead atoms. The van der Waals surface area contributed by atoms with Crippen LogP contribution in [0.15, 0.2) is 18.2 Å². The minimum atomic E-state index is -3.57.